The molecule has 0 radical (unpaired) electrons. The predicted octanol–water partition coefficient (Wildman–Crippen LogP) is 6.26. The van der Waals surface area contributed by atoms with E-state index in [4.69, 9.17) is 4.42 Å². The Kier molecular flexibility index (Phi) is 4.94. The van der Waals surface area contributed by atoms with Crippen molar-refractivity contribution in [2.75, 3.05) is 5.32 Å². The molecule has 1 unspecified atom stereocenters. The lowest BCUT2D eigenvalue weighted by Crippen LogP contribution is -2.11. The minimum absolute atomic E-state index is 0.132. The SMILES string of the molecule is CCC(C)c1ccc2oc(-c3ccc(NC(=O)c4ccccc4)cc3)nc2c1. The third-order valence-corrected chi connectivity index (χ3v) is 5.02. The van der Waals surface area contributed by atoms with Gasteiger partial charge in [-0.2, -0.15) is 0 Å². The number of nitrogens with zero attached hydrogens (tertiary/aromatic N) is 1. The molecule has 0 fully saturated rings. The fourth-order valence-electron chi connectivity index (χ4n) is 3.10. The van der Waals surface area contributed by atoms with Crippen molar-refractivity contribution >= 4 is 22.7 Å². The second-order valence-electron chi connectivity index (χ2n) is 6.95. The number of benzene rings is 3. The van der Waals surface area contributed by atoms with Crippen LogP contribution in [0, 0.1) is 0 Å². The Balaban J connectivity index is 1.54. The average Bonchev–Trinajstić information content (AvgIpc) is 3.17. The molecule has 0 aliphatic carbocycles. The van der Waals surface area contributed by atoms with E-state index in [2.05, 4.69) is 36.3 Å². The Morgan fingerprint density at radius 3 is 2.50 bits per heavy atom. The maximum Gasteiger partial charge on any atom is 0.255 e. The Hall–Kier alpha value is -3.40. The molecule has 0 spiro atoms. The smallest absolute Gasteiger partial charge is 0.255 e. The van der Waals surface area contributed by atoms with Gasteiger partial charge in [0.15, 0.2) is 5.58 Å². The van der Waals surface area contributed by atoms with Crippen molar-refractivity contribution in [3.05, 3.63) is 83.9 Å². The lowest BCUT2D eigenvalue weighted by Gasteiger charge is -2.07. The van der Waals surface area contributed by atoms with Crippen molar-refractivity contribution in [1.29, 1.82) is 0 Å². The Morgan fingerprint density at radius 1 is 1.04 bits per heavy atom. The first kappa shape index (κ1) is 18.0. The number of rotatable bonds is 5. The molecule has 1 heterocycles. The minimum atomic E-state index is -0.132. The number of carbonyl (C=O) groups is 1. The highest BCUT2D eigenvalue weighted by atomic mass is 16.3. The average molecular weight is 370 g/mol. The summed E-state index contributed by atoms with van der Waals surface area (Å²) in [4.78, 5) is 16.9. The third-order valence-electron chi connectivity index (χ3n) is 5.02. The van der Waals surface area contributed by atoms with E-state index >= 15 is 0 Å². The number of nitrogens with one attached hydrogen (secondary N) is 1. The van der Waals surface area contributed by atoms with Gasteiger partial charge in [-0.15, -0.1) is 0 Å². The lowest BCUT2D eigenvalue weighted by atomic mass is 9.98. The summed E-state index contributed by atoms with van der Waals surface area (Å²) in [5.74, 6) is 0.946. The van der Waals surface area contributed by atoms with Crippen LogP contribution in [-0.4, -0.2) is 10.9 Å². The van der Waals surface area contributed by atoms with Crippen LogP contribution in [0.2, 0.25) is 0 Å². The van der Waals surface area contributed by atoms with Crippen molar-refractivity contribution in [1.82, 2.24) is 4.98 Å². The Labute approximate surface area is 164 Å². The molecule has 4 heteroatoms. The van der Waals surface area contributed by atoms with Crippen LogP contribution >= 0.6 is 0 Å². The summed E-state index contributed by atoms with van der Waals surface area (Å²) in [5, 5.41) is 2.90. The summed E-state index contributed by atoms with van der Waals surface area (Å²) >= 11 is 0. The molecule has 4 nitrogen and oxygen atoms in total. The van der Waals surface area contributed by atoms with E-state index in [0.29, 0.717) is 17.4 Å². The highest BCUT2D eigenvalue weighted by Crippen LogP contribution is 2.28. The number of oxazole rings is 1. The summed E-state index contributed by atoms with van der Waals surface area (Å²) in [5.41, 5.74) is 5.15. The van der Waals surface area contributed by atoms with Gasteiger partial charge >= 0.3 is 0 Å². The quantitative estimate of drug-likeness (QED) is 0.451. The van der Waals surface area contributed by atoms with Crippen LogP contribution in [0.1, 0.15) is 42.1 Å². The van der Waals surface area contributed by atoms with Gasteiger partial charge in [0.2, 0.25) is 5.89 Å². The summed E-state index contributed by atoms with van der Waals surface area (Å²) in [6, 6.07) is 22.9. The number of amides is 1. The summed E-state index contributed by atoms with van der Waals surface area (Å²) in [7, 11) is 0. The third kappa shape index (κ3) is 3.67. The minimum Gasteiger partial charge on any atom is -0.436 e. The van der Waals surface area contributed by atoms with Crippen LogP contribution in [0.4, 0.5) is 5.69 Å². The number of hydrogen-bond donors (Lipinski definition) is 1. The van der Waals surface area contributed by atoms with Crippen molar-refractivity contribution in [2.24, 2.45) is 0 Å². The molecule has 1 N–H and O–H groups in total. The molecular formula is C24H22N2O2. The first-order chi connectivity index (χ1) is 13.6. The van der Waals surface area contributed by atoms with Gasteiger partial charge in [0, 0.05) is 16.8 Å². The number of aromatic nitrogens is 1. The molecular weight excluding hydrogens is 348 g/mol. The van der Waals surface area contributed by atoms with Crippen molar-refractivity contribution < 1.29 is 9.21 Å². The highest BCUT2D eigenvalue weighted by molar-refractivity contribution is 6.04. The van der Waals surface area contributed by atoms with E-state index in [1.165, 1.54) is 5.56 Å². The molecule has 4 rings (SSSR count). The molecule has 4 aromatic rings. The second-order valence-corrected chi connectivity index (χ2v) is 6.95. The Bertz CT molecular complexity index is 1100. The van der Waals surface area contributed by atoms with Crippen LogP contribution in [-0.2, 0) is 0 Å². The summed E-state index contributed by atoms with van der Waals surface area (Å²) in [6.07, 6.45) is 1.09. The summed E-state index contributed by atoms with van der Waals surface area (Å²) < 4.78 is 5.91. The van der Waals surface area contributed by atoms with Crippen LogP contribution < -0.4 is 5.32 Å². The van der Waals surface area contributed by atoms with E-state index in [1.54, 1.807) is 12.1 Å². The molecule has 3 aromatic carbocycles. The first-order valence-electron chi connectivity index (χ1n) is 9.51. The molecule has 28 heavy (non-hydrogen) atoms. The number of hydrogen-bond acceptors (Lipinski definition) is 3. The van der Waals surface area contributed by atoms with Gasteiger partial charge in [-0.3, -0.25) is 4.79 Å². The van der Waals surface area contributed by atoms with Gasteiger partial charge < -0.3 is 9.73 Å². The van der Waals surface area contributed by atoms with Crippen LogP contribution in [0.25, 0.3) is 22.6 Å². The predicted molar refractivity (Wildman–Crippen MR) is 113 cm³/mol. The summed E-state index contributed by atoms with van der Waals surface area (Å²) in [6.45, 7) is 4.39. The zero-order chi connectivity index (χ0) is 19.5. The lowest BCUT2D eigenvalue weighted by molar-refractivity contribution is 0.102. The van der Waals surface area contributed by atoms with Crippen LogP contribution in [0.5, 0.6) is 0 Å². The van der Waals surface area contributed by atoms with E-state index in [9.17, 15) is 4.79 Å². The van der Waals surface area contributed by atoms with Crippen molar-refractivity contribution in [3.8, 4) is 11.5 Å². The zero-order valence-corrected chi connectivity index (χ0v) is 16.0. The van der Waals surface area contributed by atoms with Gasteiger partial charge in [0.1, 0.15) is 5.52 Å². The van der Waals surface area contributed by atoms with E-state index in [-0.39, 0.29) is 5.91 Å². The highest BCUT2D eigenvalue weighted by Gasteiger charge is 2.11. The van der Waals surface area contributed by atoms with Gasteiger partial charge in [-0.1, -0.05) is 38.1 Å². The standard InChI is InChI=1S/C24H22N2O2/c1-3-16(2)19-11-14-22-21(15-19)26-24(28-22)18-9-12-20(13-10-18)25-23(27)17-7-5-4-6-8-17/h4-16H,3H2,1-2H3,(H,25,27). The molecule has 1 aromatic heterocycles. The molecule has 140 valence electrons. The van der Waals surface area contributed by atoms with Gasteiger partial charge in [0.05, 0.1) is 0 Å². The van der Waals surface area contributed by atoms with E-state index < -0.39 is 0 Å². The maximum atomic E-state index is 12.3. The number of carbonyl (C=O) groups excluding carboxylic acids is 1. The number of anilines is 1. The first-order valence-corrected chi connectivity index (χ1v) is 9.51. The van der Waals surface area contributed by atoms with Gasteiger partial charge in [0.25, 0.3) is 5.91 Å². The van der Waals surface area contributed by atoms with Crippen LogP contribution in [0.15, 0.2) is 77.2 Å². The van der Waals surface area contributed by atoms with Crippen LogP contribution in [0.3, 0.4) is 0 Å². The van der Waals surface area contributed by atoms with Crippen molar-refractivity contribution in [2.45, 2.75) is 26.2 Å². The maximum absolute atomic E-state index is 12.3. The molecule has 0 saturated heterocycles. The molecule has 0 aliphatic heterocycles. The Morgan fingerprint density at radius 2 is 1.79 bits per heavy atom. The zero-order valence-electron chi connectivity index (χ0n) is 16.0. The normalized spacial score (nSPS) is 12.1. The fraction of sp³-hybridized carbons (Fsp3) is 0.167. The largest absolute Gasteiger partial charge is 0.436 e. The van der Waals surface area contributed by atoms with Gasteiger partial charge in [-0.05, 0) is 66.4 Å². The molecule has 1 amide bonds. The molecule has 0 aliphatic rings. The fourth-order valence-corrected chi connectivity index (χ4v) is 3.10. The number of fused-ring (bicyclic) bond motifs is 1. The topological polar surface area (TPSA) is 55.1 Å². The monoisotopic (exact) mass is 370 g/mol. The molecule has 0 bridgehead atoms. The van der Waals surface area contributed by atoms with E-state index in [0.717, 1.165) is 28.8 Å². The molecule has 1 atom stereocenters. The van der Waals surface area contributed by atoms with Crippen molar-refractivity contribution in [3.63, 3.8) is 0 Å². The van der Waals surface area contributed by atoms with Gasteiger partial charge in [-0.25, -0.2) is 4.98 Å². The van der Waals surface area contributed by atoms with E-state index in [1.807, 2.05) is 48.5 Å². The second kappa shape index (κ2) is 7.69. The molecule has 0 saturated carbocycles.